The van der Waals surface area contributed by atoms with Crippen LogP contribution in [0, 0.1) is 6.92 Å². The molecule has 5 nitrogen and oxygen atoms in total. The van der Waals surface area contributed by atoms with E-state index in [9.17, 15) is 18.0 Å². The summed E-state index contributed by atoms with van der Waals surface area (Å²) in [6.45, 7) is 4.92. The number of carbonyl (C=O) groups is 1. The van der Waals surface area contributed by atoms with E-state index in [4.69, 9.17) is 14.5 Å². The number of ether oxygens (including phenoxy) is 2. The maximum Gasteiger partial charge on any atom is 0.416 e. The first-order chi connectivity index (χ1) is 19.3. The number of hydrogen-bond acceptors (Lipinski definition) is 5. The van der Waals surface area contributed by atoms with Crippen LogP contribution in [0.25, 0.3) is 11.3 Å². The number of alkyl halides is 3. The van der Waals surface area contributed by atoms with Crippen molar-refractivity contribution in [1.82, 2.24) is 4.98 Å². The lowest BCUT2D eigenvalue weighted by atomic mass is 9.96. The average molecular weight is 547 g/mol. The SMILES string of the molecule is Cc1ccc(C(=O)Cc2cccc(C(F)(F)F)c2)cc1-c1cc(OCc2ccccc2)cc(N2CCOCC2)n1. The third-order valence-corrected chi connectivity index (χ3v) is 6.82. The molecule has 3 aromatic carbocycles. The fraction of sp³-hybridized carbons (Fsp3) is 0.250. The molecule has 0 atom stereocenters. The Balaban J connectivity index is 1.45. The summed E-state index contributed by atoms with van der Waals surface area (Å²) in [6, 6.07) is 23.8. The lowest BCUT2D eigenvalue weighted by Crippen LogP contribution is -2.36. The highest BCUT2D eigenvalue weighted by atomic mass is 19.4. The van der Waals surface area contributed by atoms with Gasteiger partial charge in [0.05, 0.1) is 24.5 Å². The average Bonchev–Trinajstić information content (AvgIpc) is 2.97. The Morgan fingerprint density at radius 1 is 0.925 bits per heavy atom. The third kappa shape index (κ3) is 6.69. The largest absolute Gasteiger partial charge is 0.489 e. The first-order valence-corrected chi connectivity index (χ1v) is 13.1. The number of ketones is 1. The van der Waals surface area contributed by atoms with E-state index in [-0.39, 0.29) is 12.2 Å². The van der Waals surface area contributed by atoms with Gasteiger partial charge < -0.3 is 14.4 Å². The molecule has 0 saturated carbocycles. The van der Waals surface area contributed by atoms with Crippen molar-refractivity contribution in [2.24, 2.45) is 0 Å². The number of carbonyl (C=O) groups excluding carboxylic acids is 1. The van der Waals surface area contributed by atoms with E-state index in [1.165, 1.54) is 12.1 Å². The van der Waals surface area contributed by atoms with E-state index in [1.807, 2.05) is 55.5 Å². The molecule has 206 valence electrons. The van der Waals surface area contributed by atoms with Crippen molar-refractivity contribution in [2.75, 3.05) is 31.2 Å². The highest BCUT2D eigenvalue weighted by Gasteiger charge is 2.30. The van der Waals surface area contributed by atoms with Crippen LogP contribution >= 0.6 is 0 Å². The van der Waals surface area contributed by atoms with Gasteiger partial charge in [0.1, 0.15) is 18.2 Å². The normalized spacial score (nSPS) is 13.8. The Hall–Kier alpha value is -4.17. The summed E-state index contributed by atoms with van der Waals surface area (Å²) in [7, 11) is 0. The molecule has 1 fully saturated rings. The molecule has 8 heteroatoms. The molecule has 1 saturated heterocycles. The Labute approximate surface area is 231 Å². The Kier molecular flexibility index (Phi) is 8.16. The van der Waals surface area contributed by atoms with Gasteiger partial charge in [0, 0.05) is 42.8 Å². The minimum absolute atomic E-state index is 0.140. The second-order valence-electron chi connectivity index (χ2n) is 9.75. The van der Waals surface area contributed by atoms with Crippen molar-refractivity contribution in [3.8, 4) is 17.0 Å². The number of morpholine rings is 1. The van der Waals surface area contributed by atoms with E-state index in [1.54, 1.807) is 12.1 Å². The molecular formula is C32H29F3N2O3. The van der Waals surface area contributed by atoms with Gasteiger partial charge in [0.25, 0.3) is 0 Å². The van der Waals surface area contributed by atoms with Gasteiger partial charge in [-0.05, 0) is 35.7 Å². The van der Waals surface area contributed by atoms with E-state index in [0.717, 1.165) is 34.6 Å². The van der Waals surface area contributed by atoms with Crippen molar-refractivity contribution in [3.63, 3.8) is 0 Å². The molecule has 0 bridgehead atoms. The van der Waals surface area contributed by atoms with Gasteiger partial charge in [0.15, 0.2) is 5.78 Å². The molecule has 1 aromatic heterocycles. The minimum atomic E-state index is -4.46. The monoisotopic (exact) mass is 546 g/mol. The number of Topliss-reactive ketones (excluding diaryl/α,β-unsaturated/α-hetero) is 1. The van der Waals surface area contributed by atoms with Crippen LogP contribution in [0.5, 0.6) is 5.75 Å². The van der Waals surface area contributed by atoms with Gasteiger partial charge in [-0.1, -0.05) is 60.7 Å². The molecule has 40 heavy (non-hydrogen) atoms. The zero-order valence-electron chi connectivity index (χ0n) is 22.1. The summed E-state index contributed by atoms with van der Waals surface area (Å²) in [6.07, 6.45) is -4.60. The Morgan fingerprint density at radius 3 is 2.42 bits per heavy atom. The van der Waals surface area contributed by atoms with Crippen LogP contribution in [0.15, 0.2) is 84.9 Å². The second-order valence-corrected chi connectivity index (χ2v) is 9.75. The molecule has 0 aliphatic carbocycles. The molecule has 0 unspecified atom stereocenters. The number of benzene rings is 3. The van der Waals surface area contributed by atoms with Crippen LogP contribution in [-0.2, 0) is 23.9 Å². The number of anilines is 1. The van der Waals surface area contributed by atoms with Crippen molar-refractivity contribution < 1.29 is 27.4 Å². The molecule has 1 aliphatic heterocycles. The standard InChI is InChI=1S/C32H29F3N2O3/c1-22-10-11-25(30(38)17-24-8-5-9-26(16-24)32(33,34)35)18-28(22)29-19-27(40-21-23-6-3-2-4-7-23)20-31(36-29)37-12-14-39-15-13-37/h2-11,16,18-20H,12-15,17,21H2,1H3. The van der Waals surface area contributed by atoms with E-state index in [0.29, 0.717) is 55.5 Å². The lowest BCUT2D eigenvalue weighted by Gasteiger charge is -2.28. The molecule has 0 radical (unpaired) electrons. The van der Waals surface area contributed by atoms with Crippen LogP contribution in [0.1, 0.15) is 32.6 Å². The zero-order valence-corrected chi connectivity index (χ0v) is 22.1. The summed E-state index contributed by atoms with van der Waals surface area (Å²) in [5.74, 6) is 1.13. The molecule has 0 N–H and O–H groups in total. The zero-order chi connectivity index (χ0) is 28.1. The number of rotatable bonds is 8. The van der Waals surface area contributed by atoms with Gasteiger partial charge in [-0.25, -0.2) is 4.98 Å². The fourth-order valence-electron chi connectivity index (χ4n) is 4.62. The number of pyridine rings is 1. The lowest BCUT2D eigenvalue weighted by molar-refractivity contribution is -0.137. The molecule has 2 heterocycles. The topological polar surface area (TPSA) is 51.7 Å². The number of aromatic nitrogens is 1. The summed E-state index contributed by atoms with van der Waals surface area (Å²) in [5.41, 5.74) is 3.31. The third-order valence-electron chi connectivity index (χ3n) is 6.82. The number of hydrogen-bond donors (Lipinski definition) is 0. The molecular weight excluding hydrogens is 517 g/mol. The van der Waals surface area contributed by atoms with Crippen molar-refractivity contribution in [3.05, 3.63) is 113 Å². The summed E-state index contributed by atoms with van der Waals surface area (Å²) >= 11 is 0. The van der Waals surface area contributed by atoms with E-state index < -0.39 is 11.7 Å². The van der Waals surface area contributed by atoms with Gasteiger partial charge in [0.2, 0.25) is 0 Å². The van der Waals surface area contributed by atoms with Crippen molar-refractivity contribution in [1.29, 1.82) is 0 Å². The van der Waals surface area contributed by atoms with Gasteiger partial charge in [-0.15, -0.1) is 0 Å². The van der Waals surface area contributed by atoms with Gasteiger partial charge >= 0.3 is 6.18 Å². The maximum absolute atomic E-state index is 13.2. The summed E-state index contributed by atoms with van der Waals surface area (Å²) in [4.78, 5) is 20.2. The minimum Gasteiger partial charge on any atom is -0.489 e. The first-order valence-electron chi connectivity index (χ1n) is 13.1. The molecule has 5 rings (SSSR count). The number of halogens is 3. The first kappa shape index (κ1) is 27.4. The quantitative estimate of drug-likeness (QED) is 0.225. The molecule has 4 aromatic rings. The Bertz CT molecular complexity index is 1480. The van der Waals surface area contributed by atoms with Crippen LogP contribution < -0.4 is 9.64 Å². The highest BCUT2D eigenvalue weighted by Crippen LogP contribution is 2.32. The van der Waals surface area contributed by atoms with Gasteiger partial charge in [-0.2, -0.15) is 13.2 Å². The van der Waals surface area contributed by atoms with Crippen LogP contribution in [0.2, 0.25) is 0 Å². The van der Waals surface area contributed by atoms with Gasteiger partial charge in [-0.3, -0.25) is 4.79 Å². The van der Waals surface area contributed by atoms with E-state index in [2.05, 4.69) is 4.90 Å². The summed E-state index contributed by atoms with van der Waals surface area (Å²) in [5, 5.41) is 0. The number of aryl methyl sites for hydroxylation is 1. The van der Waals surface area contributed by atoms with Crippen LogP contribution in [0.3, 0.4) is 0 Å². The highest BCUT2D eigenvalue weighted by molar-refractivity contribution is 5.98. The van der Waals surface area contributed by atoms with E-state index >= 15 is 0 Å². The molecule has 0 spiro atoms. The molecule has 1 aliphatic rings. The smallest absolute Gasteiger partial charge is 0.416 e. The summed E-state index contributed by atoms with van der Waals surface area (Å²) < 4.78 is 51.1. The van der Waals surface area contributed by atoms with Crippen LogP contribution in [-0.4, -0.2) is 37.1 Å². The molecule has 0 amide bonds. The van der Waals surface area contributed by atoms with Crippen molar-refractivity contribution in [2.45, 2.75) is 26.1 Å². The Morgan fingerprint density at radius 2 is 1.68 bits per heavy atom. The maximum atomic E-state index is 13.2. The second kappa shape index (κ2) is 11.9. The number of nitrogens with zero attached hydrogens (tertiary/aromatic N) is 2. The fourth-order valence-corrected chi connectivity index (χ4v) is 4.62. The predicted octanol–water partition coefficient (Wildman–Crippen LogP) is 6.92. The van der Waals surface area contributed by atoms with Crippen LogP contribution in [0.4, 0.5) is 19.0 Å². The van der Waals surface area contributed by atoms with Crippen molar-refractivity contribution >= 4 is 11.6 Å². The predicted molar refractivity (Wildman–Crippen MR) is 148 cm³/mol.